The highest BCUT2D eigenvalue weighted by atomic mass is 16.2. The van der Waals surface area contributed by atoms with Gasteiger partial charge in [-0.2, -0.15) is 10.5 Å². The number of nitriles is 2. The van der Waals surface area contributed by atoms with Crippen molar-refractivity contribution < 1.29 is 4.79 Å². The van der Waals surface area contributed by atoms with Crippen molar-refractivity contribution in [3.63, 3.8) is 0 Å². The fourth-order valence-corrected chi connectivity index (χ4v) is 2.63. The van der Waals surface area contributed by atoms with Crippen LogP contribution in [0.4, 0.5) is 0 Å². The second-order valence-corrected chi connectivity index (χ2v) is 5.59. The molecule has 1 amide bonds. The number of carbonyl (C=O) groups excluding carboxylic acids is 1. The van der Waals surface area contributed by atoms with Gasteiger partial charge in [-0.05, 0) is 38.9 Å². The van der Waals surface area contributed by atoms with E-state index in [4.69, 9.17) is 10.5 Å². The summed E-state index contributed by atoms with van der Waals surface area (Å²) in [6.45, 7) is 4.24. The average molecular weight is 291 g/mol. The van der Waals surface area contributed by atoms with Crippen molar-refractivity contribution in [3.05, 3.63) is 0 Å². The van der Waals surface area contributed by atoms with Crippen molar-refractivity contribution in [1.29, 1.82) is 10.5 Å². The van der Waals surface area contributed by atoms with Crippen molar-refractivity contribution in [2.75, 3.05) is 46.3 Å². The van der Waals surface area contributed by atoms with Crippen LogP contribution in [0, 0.1) is 28.6 Å². The predicted octanol–water partition coefficient (Wildman–Crippen LogP) is 0.574. The highest BCUT2D eigenvalue weighted by Crippen LogP contribution is 2.12. The zero-order valence-electron chi connectivity index (χ0n) is 12.8. The van der Waals surface area contributed by atoms with Crippen LogP contribution < -0.4 is 5.32 Å². The Labute approximate surface area is 127 Å². The lowest BCUT2D eigenvalue weighted by Crippen LogP contribution is -2.42. The summed E-state index contributed by atoms with van der Waals surface area (Å²) in [5, 5.41) is 20.6. The second kappa shape index (κ2) is 10.1. The Hall–Kier alpha value is -1.63. The Morgan fingerprint density at radius 2 is 1.76 bits per heavy atom. The summed E-state index contributed by atoms with van der Waals surface area (Å²) in [5.74, 6) is 0.660. The average Bonchev–Trinajstić information content (AvgIpc) is 2.48. The SMILES string of the molecule is CN(CC(=O)N(CCC#N)CCC#N)CC1CCNCC1. The van der Waals surface area contributed by atoms with E-state index in [0.717, 1.165) is 32.5 Å². The van der Waals surface area contributed by atoms with Gasteiger partial charge in [-0.3, -0.25) is 9.69 Å². The fraction of sp³-hybridized carbons (Fsp3) is 0.800. The van der Waals surface area contributed by atoms with E-state index in [-0.39, 0.29) is 5.91 Å². The van der Waals surface area contributed by atoms with E-state index in [9.17, 15) is 4.79 Å². The van der Waals surface area contributed by atoms with Gasteiger partial charge >= 0.3 is 0 Å². The van der Waals surface area contributed by atoms with E-state index in [1.165, 1.54) is 0 Å². The van der Waals surface area contributed by atoms with Gasteiger partial charge < -0.3 is 10.2 Å². The first kappa shape index (κ1) is 17.4. The highest BCUT2D eigenvalue weighted by molar-refractivity contribution is 5.78. The van der Waals surface area contributed by atoms with Gasteiger partial charge in [0.15, 0.2) is 0 Å². The van der Waals surface area contributed by atoms with Gasteiger partial charge in [0.1, 0.15) is 0 Å². The molecule has 1 heterocycles. The second-order valence-electron chi connectivity index (χ2n) is 5.59. The smallest absolute Gasteiger partial charge is 0.236 e. The van der Waals surface area contributed by atoms with Gasteiger partial charge in [0.25, 0.3) is 0 Å². The molecular formula is C15H25N5O. The molecule has 0 atom stereocenters. The first-order chi connectivity index (χ1) is 10.2. The minimum Gasteiger partial charge on any atom is -0.340 e. The van der Waals surface area contributed by atoms with Crippen molar-refractivity contribution in [3.8, 4) is 12.1 Å². The Morgan fingerprint density at radius 1 is 1.19 bits per heavy atom. The number of amides is 1. The molecule has 0 spiro atoms. The summed E-state index contributed by atoms with van der Waals surface area (Å²) in [4.78, 5) is 16.0. The molecule has 0 aromatic heterocycles. The molecular weight excluding hydrogens is 266 g/mol. The first-order valence-corrected chi connectivity index (χ1v) is 7.58. The summed E-state index contributed by atoms with van der Waals surface area (Å²) < 4.78 is 0. The molecule has 21 heavy (non-hydrogen) atoms. The number of hydrogen-bond acceptors (Lipinski definition) is 5. The summed E-state index contributed by atoms with van der Waals surface area (Å²) >= 11 is 0. The van der Waals surface area contributed by atoms with Gasteiger partial charge in [0, 0.05) is 19.6 Å². The minimum atomic E-state index is 0.0111. The summed E-state index contributed by atoms with van der Waals surface area (Å²) in [6.07, 6.45) is 2.95. The number of likely N-dealkylation sites (N-methyl/N-ethyl adjacent to an activating group) is 1. The van der Waals surface area contributed by atoms with Gasteiger partial charge in [0.05, 0.1) is 31.5 Å². The van der Waals surface area contributed by atoms with E-state index in [1.807, 2.05) is 7.05 Å². The molecule has 0 saturated carbocycles. The zero-order chi connectivity index (χ0) is 15.5. The summed E-state index contributed by atoms with van der Waals surface area (Å²) in [7, 11) is 1.96. The standard InChI is InChI=1S/C15H25N5O/c1-19(12-14-4-8-18-9-5-14)13-15(21)20(10-2-6-16)11-3-7-17/h14,18H,2-5,8-13H2,1H3. The third kappa shape index (κ3) is 7.08. The number of nitrogens with one attached hydrogen (secondary N) is 1. The maximum Gasteiger partial charge on any atom is 0.236 e. The fourth-order valence-electron chi connectivity index (χ4n) is 2.63. The first-order valence-electron chi connectivity index (χ1n) is 7.58. The Balaban J connectivity index is 2.39. The lowest BCUT2D eigenvalue weighted by molar-refractivity contribution is -0.132. The zero-order valence-corrected chi connectivity index (χ0v) is 12.8. The minimum absolute atomic E-state index is 0.0111. The number of carbonyl (C=O) groups is 1. The maximum absolute atomic E-state index is 12.3. The molecule has 0 bridgehead atoms. The largest absolute Gasteiger partial charge is 0.340 e. The van der Waals surface area contributed by atoms with Crippen LogP contribution in [0.5, 0.6) is 0 Å². The number of rotatable bonds is 8. The van der Waals surface area contributed by atoms with Crippen molar-refractivity contribution in [2.45, 2.75) is 25.7 Å². The topological polar surface area (TPSA) is 83.2 Å². The molecule has 0 radical (unpaired) electrons. The molecule has 1 rings (SSSR count). The molecule has 1 saturated heterocycles. The molecule has 0 unspecified atom stereocenters. The number of hydrogen-bond donors (Lipinski definition) is 1. The molecule has 1 aliphatic rings. The summed E-state index contributed by atoms with van der Waals surface area (Å²) in [5.41, 5.74) is 0. The molecule has 116 valence electrons. The predicted molar refractivity (Wildman–Crippen MR) is 80.1 cm³/mol. The lowest BCUT2D eigenvalue weighted by Gasteiger charge is -2.29. The van der Waals surface area contributed by atoms with Crippen LogP contribution in [-0.2, 0) is 4.79 Å². The van der Waals surface area contributed by atoms with E-state index >= 15 is 0 Å². The third-order valence-electron chi connectivity index (χ3n) is 3.77. The Kier molecular flexibility index (Phi) is 8.42. The van der Waals surface area contributed by atoms with Crippen LogP contribution in [0.25, 0.3) is 0 Å². The highest BCUT2D eigenvalue weighted by Gasteiger charge is 2.19. The quantitative estimate of drug-likeness (QED) is 0.707. The van der Waals surface area contributed by atoms with Gasteiger partial charge in [-0.15, -0.1) is 0 Å². The normalized spacial score (nSPS) is 15.4. The van der Waals surface area contributed by atoms with E-state index in [2.05, 4.69) is 22.4 Å². The van der Waals surface area contributed by atoms with E-state index in [0.29, 0.717) is 38.4 Å². The molecule has 0 aliphatic carbocycles. The van der Waals surface area contributed by atoms with Crippen LogP contribution in [-0.4, -0.2) is 62.0 Å². The summed E-state index contributed by atoms with van der Waals surface area (Å²) in [6, 6.07) is 4.10. The van der Waals surface area contributed by atoms with Crippen LogP contribution in [0.15, 0.2) is 0 Å². The van der Waals surface area contributed by atoms with E-state index in [1.54, 1.807) is 4.90 Å². The van der Waals surface area contributed by atoms with Gasteiger partial charge in [-0.1, -0.05) is 0 Å². The van der Waals surface area contributed by atoms with Gasteiger partial charge in [0.2, 0.25) is 5.91 Å². The van der Waals surface area contributed by atoms with Crippen molar-refractivity contribution >= 4 is 5.91 Å². The molecule has 6 nitrogen and oxygen atoms in total. The maximum atomic E-state index is 12.3. The monoisotopic (exact) mass is 291 g/mol. The number of nitrogens with zero attached hydrogens (tertiary/aromatic N) is 4. The molecule has 1 fully saturated rings. The molecule has 6 heteroatoms. The van der Waals surface area contributed by atoms with Crippen LogP contribution in [0.1, 0.15) is 25.7 Å². The molecule has 0 aromatic carbocycles. The van der Waals surface area contributed by atoms with E-state index < -0.39 is 0 Å². The van der Waals surface area contributed by atoms with Crippen molar-refractivity contribution in [1.82, 2.24) is 15.1 Å². The van der Waals surface area contributed by atoms with Gasteiger partial charge in [-0.25, -0.2) is 0 Å². The van der Waals surface area contributed by atoms with Crippen molar-refractivity contribution in [2.24, 2.45) is 5.92 Å². The molecule has 1 aliphatic heterocycles. The van der Waals surface area contributed by atoms with Crippen LogP contribution in [0.3, 0.4) is 0 Å². The van der Waals surface area contributed by atoms with Crippen LogP contribution in [0.2, 0.25) is 0 Å². The van der Waals surface area contributed by atoms with Crippen LogP contribution >= 0.6 is 0 Å². The third-order valence-corrected chi connectivity index (χ3v) is 3.77. The molecule has 1 N–H and O–H groups in total. The molecule has 0 aromatic rings. The lowest BCUT2D eigenvalue weighted by atomic mass is 9.98. The Morgan fingerprint density at radius 3 is 2.29 bits per heavy atom. The Bertz CT molecular complexity index is 374. The number of piperidine rings is 1.